The van der Waals surface area contributed by atoms with Crippen molar-refractivity contribution in [2.75, 3.05) is 6.61 Å². The largest absolute Gasteiger partial charge is 0.480 e. The fraction of sp³-hybridized carbons (Fsp3) is 0.300. The average molecular weight is 275 g/mol. The predicted octanol–water partition coefficient (Wildman–Crippen LogP) is -0.273. The van der Waals surface area contributed by atoms with Crippen molar-refractivity contribution >= 4 is 13.7 Å². The van der Waals surface area contributed by atoms with Crippen LogP contribution in [-0.2, 0) is 15.8 Å². The maximum atomic E-state index is 11.2. The van der Waals surface area contributed by atoms with E-state index in [0.717, 1.165) is 0 Å². The quantitative estimate of drug-likeness (QED) is 0.452. The molecule has 0 radical (unpaired) electrons. The summed E-state index contributed by atoms with van der Waals surface area (Å²) in [7, 11) is -4.79. The fourth-order valence-electron chi connectivity index (χ4n) is 1.54. The predicted molar refractivity (Wildman–Crippen MR) is 62.8 cm³/mol. The smallest absolute Gasteiger partial charge is 0.401 e. The molecular formula is C10H14NO6P. The minimum atomic E-state index is -4.79. The number of hydrogen-bond donors (Lipinski definition) is 5. The molecule has 0 aromatic heterocycles. The van der Waals surface area contributed by atoms with E-state index in [9.17, 15) is 14.5 Å². The first-order valence-electron chi connectivity index (χ1n) is 5.02. The van der Waals surface area contributed by atoms with E-state index in [1.807, 2.05) is 0 Å². The van der Waals surface area contributed by atoms with Crippen LogP contribution in [0.5, 0.6) is 0 Å². The zero-order valence-electron chi connectivity index (χ0n) is 9.35. The summed E-state index contributed by atoms with van der Waals surface area (Å²) in [6.45, 7) is -0.942. The van der Waals surface area contributed by atoms with Crippen LogP contribution in [0.15, 0.2) is 30.3 Å². The minimum absolute atomic E-state index is 0.245. The van der Waals surface area contributed by atoms with Crippen molar-refractivity contribution in [1.29, 1.82) is 0 Å². The molecular weight excluding hydrogens is 261 g/mol. The number of benzene rings is 1. The maximum absolute atomic E-state index is 11.2. The summed E-state index contributed by atoms with van der Waals surface area (Å²) in [5.74, 6) is -1.53. The number of rotatable bonds is 6. The molecule has 1 rings (SSSR count). The summed E-state index contributed by atoms with van der Waals surface area (Å²) in [6.07, 6.45) is -0.245. The molecule has 5 N–H and O–H groups in total. The van der Waals surface area contributed by atoms with Crippen molar-refractivity contribution in [2.45, 2.75) is 12.0 Å². The first-order chi connectivity index (χ1) is 8.29. The van der Waals surface area contributed by atoms with Gasteiger partial charge in [0, 0.05) is 6.42 Å². The first kappa shape index (κ1) is 14.8. The van der Waals surface area contributed by atoms with Gasteiger partial charge in [-0.2, -0.15) is 0 Å². The van der Waals surface area contributed by atoms with Gasteiger partial charge in [-0.05, 0) is 5.56 Å². The first-order valence-corrected chi connectivity index (χ1v) is 6.63. The van der Waals surface area contributed by atoms with Crippen molar-refractivity contribution in [2.24, 2.45) is 0 Å². The van der Waals surface area contributed by atoms with Crippen molar-refractivity contribution in [3.63, 3.8) is 0 Å². The number of aliphatic carboxylic acids is 1. The van der Waals surface area contributed by atoms with E-state index in [0.29, 0.717) is 5.56 Å². The number of aliphatic hydroxyl groups excluding tert-OH is 1. The van der Waals surface area contributed by atoms with Gasteiger partial charge in [0.25, 0.3) is 0 Å². The van der Waals surface area contributed by atoms with Gasteiger partial charge in [-0.25, -0.2) is 9.65 Å². The van der Waals surface area contributed by atoms with Crippen LogP contribution in [0, 0.1) is 0 Å². The second-order valence-electron chi connectivity index (χ2n) is 3.86. The Morgan fingerprint density at radius 2 is 1.83 bits per heavy atom. The topological polar surface area (TPSA) is 127 Å². The van der Waals surface area contributed by atoms with E-state index in [1.165, 1.54) is 0 Å². The van der Waals surface area contributed by atoms with E-state index >= 15 is 0 Å². The summed E-state index contributed by atoms with van der Waals surface area (Å²) >= 11 is 0. The normalized spacial score (nSPS) is 15.1. The Morgan fingerprint density at radius 3 is 2.22 bits per heavy atom. The fourth-order valence-corrected chi connectivity index (χ4v) is 2.35. The monoisotopic (exact) mass is 275 g/mol. The molecule has 1 aromatic rings. The molecule has 0 spiro atoms. The van der Waals surface area contributed by atoms with Gasteiger partial charge in [-0.15, -0.1) is 0 Å². The zero-order valence-corrected chi connectivity index (χ0v) is 10.2. The van der Waals surface area contributed by atoms with E-state index < -0.39 is 25.9 Å². The third-order valence-electron chi connectivity index (χ3n) is 2.39. The van der Waals surface area contributed by atoms with Crippen LogP contribution in [-0.4, -0.2) is 38.1 Å². The van der Waals surface area contributed by atoms with Gasteiger partial charge in [0.15, 0.2) is 5.54 Å². The Bertz CT molecular complexity index is 459. The van der Waals surface area contributed by atoms with Gasteiger partial charge in [0.2, 0.25) is 0 Å². The Kier molecular flexibility index (Phi) is 4.61. The molecule has 0 bridgehead atoms. The second-order valence-corrected chi connectivity index (χ2v) is 5.18. The number of carboxylic acids is 1. The molecule has 1 aromatic carbocycles. The molecule has 0 unspecified atom stereocenters. The number of nitrogens with one attached hydrogen (secondary N) is 1. The molecule has 0 saturated carbocycles. The molecule has 0 heterocycles. The highest BCUT2D eigenvalue weighted by Crippen LogP contribution is 2.33. The average Bonchev–Trinajstić information content (AvgIpc) is 2.27. The van der Waals surface area contributed by atoms with Gasteiger partial charge in [-0.3, -0.25) is 4.79 Å². The summed E-state index contributed by atoms with van der Waals surface area (Å²) in [6, 6.07) is 8.26. The van der Waals surface area contributed by atoms with Crippen molar-refractivity contribution in [1.82, 2.24) is 5.09 Å². The molecule has 0 saturated heterocycles. The number of hydrogen-bond acceptors (Lipinski definition) is 3. The molecule has 100 valence electrons. The highest BCUT2D eigenvalue weighted by atomic mass is 31.2. The Labute approximate surface area is 103 Å². The summed E-state index contributed by atoms with van der Waals surface area (Å²) in [5, 5.41) is 20.0. The van der Waals surface area contributed by atoms with E-state index in [2.05, 4.69) is 0 Å². The minimum Gasteiger partial charge on any atom is -0.480 e. The Morgan fingerprint density at radius 1 is 1.28 bits per heavy atom. The van der Waals surface area contributed by atoms with Crippen LogP contribution in [0.25, 0.3) is 0 Å². The maximum Gasteiger partial charge on any atom is 0.401 e. The summed E-state index contributed by atoms with van der Waals surface area (Å²) < 4.78 is 10.9. The number of carboxylic acid groups (broad SMARTS) is 1. The van der Waals surface area contributed by atoms with Crippen LogP contribution in [0.3, 0.4) is 0 Å². The molecule has 1 atom stereocenters. The standard InChI is InChI=1S/C10H14NO6P/c12-7-10(9(13)14,11-18(15,16)17)6-8-4-2-1-3-5-8/h1-5,12H,6-7H2,(H,13,14)(H3,11,15,16,17)/t10-/m1/s1. The molecule has 8 heteroatoms. The Balaban J connectivity index is 3.05. The summed E-state index contributed by atoms with van der Waals surface area (Å²) in [4.78, 5) is 28.8. The third kappa shape index (κ3) is 3.90. The van der Waals surface area contributed by atoms with Gasteiger partial charge in [0.05, 0.1) is 6.61 Å². The third-order valence-corrected chi connectivity index (χ3v) is 3.11. The molecule has 0 aliphatic carbocycles. The summed E-state index contributed by atoms with van der Waals surface area (Å²) in [5.41, 5.74) is -1.57. The highest BCUT2D eigenvalue weighted by Gasteiger charge is 2.42. The lowest BCUT2D eigenvalue weighted by Crippen LogP contribution is -2.55. The lowest BCUT2D eigenvalue weighted by molar-refractivity contribution is -0.146. The van der Waals surface area contributed by atoms with Crippen molar-refractivity contribution < 1.29 is 29.4 Å². The van der Waals surface area contributed by atoms with Crippen LogP contribution in [0.1, 0.15) is 5.56 Å². The second kappa shape index (κ2) is 5.60. The lowest BCUT2D eigenvalue weighted by Gasteiger charge is -2.28. The van der Waals surface area contributed by atoms with Gasteiger partial charge in [0.1, 0.15) is 0 Å². The van der Waals surface area contributed by atoms with Crippen LogP contribution in [0.4, 0.5) is 0 Å². The molecule has 0 aliphatic heterocycles. The van der Waals surface area contributed by atoms with Crippen LogP contribution >= 0.6 is 7.75 Å². The zero-order chi connectivity index (χ0) is 13.8. The Hall–Kier alpha value is -1.24. The van der Waals surface area contributed by atoms with Gasteiger partial charge < -0.3 is 20.0 Å². The van der Waals surface area contributed by atoms with Crippen molar-refractivity contribution in [3.05, 3.63) is 35.9 Å². The SMILES string of the molecule is O=C(O)[C@](CO)(Cc1ccccc1)NP(=O)(O)O. The van der Waals surface area contributed by atoms with Crippen LogP contribution < -0.4 is 5.09 Å². The van der Waals surface area contributed by atoms with E-state index in [-0.39, 0.29) is 6.42 Å². The van der Waals surface area contributed by atoms with Gasteiger partial charge in [-0.1, -0.05) is 30.3 Å². The van der Waals surface area contributed by atoms with Gasteiger partial charge >= 0.3 is 13.7 Å². The molecule has 18 heavy (non-hydrogen) atoms. The molecule has 7 nitrogen and oxygen atoms in total. The van der Waals surface area contributed by atoms with Crippen LogP contribution in [0.2, 0.25) is 0 Å². The van der Waals surface area contributed by atoms with E-state index in [4.69, 9.17) is 14.9 Å². The highest BCUT2D eigenvalue weighted by molar-refractivity contribution is 7.49. The molecule has 0 amide bonds. The molecule has 0 aliphatic rings. The van der Waals surface area contributed by atoms with E-state index in [1.54, 1.807) is 35.4 Å². The van der Waals surface area contributed by atoms with Crippen molar-refractivity contribution in [3.8, 4) is 0 Å². The lowest BCUT2D eigenvalue weighted by atomic mass is 9.93. The molecule has 0 fully saturated rings. The number of carbonyl (C=O) groups is 1. The number of aliphatic hydroxyl groups is 1.